The molecule has 0 amide bonds. The van der Waals surface area contributed by atoms with E-state index in [1.165, 1.54) is 0 Å². The van der Waals surface area contributed by atoms with Crippen LogP contribution in [0.25, 0.3) is 0 Å². The van der Waals surface area contributed by atoms with E-state index >= 15 is 0 Å². The summed E-state index contributed by atoms with van der Waals surface area (Å²) in [6, 6.07) is 10.4. The van der Waals surface area contributed by atoms with Crippen molar-refractivity contribution in [2.45, 2.75) is 19.1 Å². The number of benzene rings is 1. The molecule has 0 aliphatic carbocycles. The van der Waals surface area contributed by atoms with Crippen LogP contribution in [0.4, 0.5) is 0 Å². The molecule has 1 aromatic rings. The van der Waals surface area contributed by atoms with Crippen molar-refractivity contribution in [3.05, 3.63) is 35.9 Å². The molecule has 0 radical (unpaired) electrons. The highest BCUT2D eigenvalue weighted by atomic mass is 79.9. The predicted molar refractivity (Wildman–Crippen MR) is 61.7 cm³/mol. The number of rotatable bonds is 1. The van der Waals surface area contributed by atoms with Gasteiger partial charge in [-0.1, -0.05) is 30.3 Å². The molecule has 1 aliphatic rings. The van der Waals surface area contributed by atoms with Gasteiger partial charge in [0.05, 0.1) is 6.04 Å². The van der Waals surface area contributed by atoms with Crippen LogP contribution in [0.3, 0.4) is 0 Å². The summed E-state index contributed by atoms with van der Waals surface area (Å²) in [7, 11) is 0. The molecule has 0 saturated carbocycles. The van der Waals surface area contributed by atoms with Gasteiger partial charge in [-0.05, 0) is 12.5 Å². The second-order valence-corrected chi connectivity index (χ2v) is 3.16. The number of halogens is 1. The summed E-state index contributed by atoms with van der Waals surface area (Å²) < 4.78 is 5.39. The molecule has 76 valence electrons. The number of ether oxygens (including phenoxy) is 1. The van der Waals surface area contributed by atoms with Gasteiger partial charge in [-0.25, -0.2) is 4.99 Å². The van der Waals surface area contributed by atoms with E-state index in [0.29, 0.717) is 6.02 Å². The third-order valence-electron chi connectivity index (χ3n) is 2.14. The Hall–Kier alpha value is -1.03. The fraction of sp³-hybridized carbons (Fsp3) is 0.300. The first kappa shape index (κ1) is 11.0. The van der Waals surface area contributed by atoms with E-state index in [1.54, 1.807) is 0 Å². The maximum atomic E-state index is 5.48. The highest BCUT2D eigenvalue weighted by Crippen LogP contribution is 2.27. The molecule has 1 aromatic carbocycles. The molecule has 0 bridgehead atoms. The van der Waals surface area contributed by atoms with E-state index in [-0.39, 0.29) is 29.1 Å². The Labute approximate surface area is 93.7 Å². The van der Waals surface area contributed by atoms with Crippen LogP contribution in [0.15, 0.2) is 35.3 Å². The van der Waals surface area contributed by atoms with Crippen molar-refractivity contribution in [1.29, 1.82) is 0 Å². The molecule has 14 heavy (non-hydrogen) atoms. The maximum Gasteiger partial charge on any atom is 0.283 e. The zero-order valence-corrected chi connectivity index (χ0v) is 9.60. The van der Waals surface area contributed by atoms with E-state index in [9.17, 15) is 0 Å². The van der Waals surface area contributed by atoms with Gasteiger partial charge in [-0.15, -0.1) is 17.0 Å². The number of nitrogens with zero attached hydrogens (tertiary/aromatic N) is 1. The van der Waals surface area contributed by atoms with Crippen LogP contribution in [0, 0.1) is 0 Å². The number of nitrogens with two attached hydrogens (primary N) is 1. The van der Waals surface area contributed by atoms with Crippen LogP contribution >= 0.6 is 17.0 Å². The molecule has 2 atom stereocenters. The average Bonchev–Trinajstić information content (AvgIpc) is 2.47. The van der Waals surface area contributed by atoms with Gasteiger partial charge < -0.3 is 10.5 Å². The smallest absolute Gasteiger partial charge is 0.283 e. The van der Waals surface area contributed by atoms with Crippen LogP contribution in [-0.2, 0) is 4.74 Å². The Bertz CT molecular complexity index is 326. The molecule has 0 fully saturated rings. The van der Waals surface area contributed by atoms with E-state index in [4.69, 9.17) is 10.5 Å². The Morgan fingerprint density at radius 1 is 1.29 bits per heavy atom. The molecule has 3 nitrogen and oxygen atoms in total. The highest BCUT2D eigenvalue weighted by molar-refractivity contribution is 8.93. The molecular weight excluding hydrogens is 244 g/mol. The minimum absolute atomic E-state index is 0. The third kappa shape index (κ3) is 2.07. The van der Waals surface area contributed by atoms with Crippen molar-refractivity contribution >= 4 is 23.0 Å². The number of amidine groups is 1. The van der Waals surface area contributed by atoms with Crippen LogP contribution in [0.5, 0.6) is 0 Å². The van der Waals surface area contributed by atoms with Crippen molar-refractivity contribution in [1.82, 2.24) is 0 Å². The lowest BCUT2D eigenvalue weighted by Crippen LogP contribution is -2.14. The van der Waals surface area contributed by atoms with Crippen molar-refractivity contribution in [3.63, 3.8) is 0 Å². The Morgan fingerprint density at radius 2 is 1.93 bits per heavy atom. The van der Waals surface area contributed by atoms with E-state index in [2.05, 4.69) is 4.99 Å². The highest BCUT2D eigenvalue weighted by Gasteiger charge is 2.26. The van der Waals surface area contributed by atoms with E-state index in [0.717, 1.165) is 5.56 Å². The summed E-state index contributed by atoms with van der Waals surface area (Å²) in [5.74, 6) is 0. The third-order valence-corrected chi connectivity index (χ3v) is 2.14. The molecule has 2 N–H and O–H groups in total. The van der Waals surface area contributed by atoms with Crippen LogP contribution in [-0.4, -0.2) is 12.1 Å². The lowest BCUT2D eigenvalue weighted by molar-refractivity contribution is 0.199. The van der Waals surface area contributed by atoms with Crippen LogP contribution in [0.1, 0.15) is 18.6 Å². The molecule has 0 aromatic heterocycles. The summed E-state index contributed by atoms with van der Waals surface area (Å²) in [5.41, 5.74) is 6.60. The van der Waals surface area contributed by atoms with Gasteiger partial charge in [0.2, 0.25) is 0 Å². The fourth-order valence-corrected chi connectivity index (χ4v) is 1.52. The van der Waals surface area contributed by atoms with Gasteiger partial charge in [0.1, 0.15) is 6.10 Å². The summed E-state index contributed by atoms with van der Waals surface area (Å²) in [6.45, 7) is 2.00. The molecule has 4 heteroatoms. The molecule has 0 saturated heterocycles. The minimum atomic E-state index is -0.0128. The lowest BCUT2D eigenvalue weighted by atomic mass is 10.0. The normalized spacial score (nSPS) is 24.8. The first-order valence-electron chi connectivity index (χ1n) is 4.32. The zero-order chi connectivity index (χ0) is 9.26. The van der Waals surface area contributed by atoms with Crippen molar-refractivity contribution in [3.8, 4) is 0 Å². The first-order valence-corrected chi connectivity index (χ1v) is 4.32. The van der Waals surface area contributed by atoms with Crippen molar-refractivity contribution in [2.75, 3.05) is 0 Å². The average molecular weight is 257 g/mol. The summed E-state index contributed by atoms with van der Waals surface area (Å²) in [4.78, 5) is 4.12. The van der Waals surface area contributed by atoms with Crippen LogP contribution < -0.4 is 5.73 Å². The Balaban J connectivity index is 0.000000980. The molecule has 0 spiro atoms. The van der Waals surface area contributed by atoms with Gasteiger partial charge in [0.25, 0.3) is 6.02 Å². The predicted octanol–water partition coefficient (Wildman–Crippen LogP) is 2.04. The van der Waals surface area contributed by atoms with Gasteiger partial charge in [-0.3, -0.25) is 0 Å². The number of aliphatic imine (C=N–C) groups is 1. The van der Waals surface area contributed by atoms with Gasteiger partial charge in [0, 0.05) is 0 Å². The molecule has 1 heterocycles. The number of hydrogen-bond acceptors (Lipinski definition) is 3. The topological polar surface area (TPSA) is 47.6 Å². The Kier molecular flexibility index (Phi) is 3.52. The monoisotopic (exact) mass is 256 g/mol. The molecule has 0 unspecified atom stereocenters. The van der Waals surface area contributed by atoms with Crippen molar-refractivity contribution < 1.29 is 4.74 Å². The van der Waals surface area contributed by atoms with Gasteiger partial charge in [0.15, 0.2) is 0 Å². The van der Waals surface area contributed by atoms with E-state index in [1.807, 2.05) is 37.3 Å². The molecule has 2 rings (SSSR count). The summed E-state index contributed by atoms with van der Waals surface area (Å²) in [6.07, 6.45) is -0.0128. The standard InChI is InChI=1S/C10H12N2O.BrH/c1-7-9(13-10(11)12-7)8-5-3-2-4-6-8;/h2-7,9H,1H3,(H2,11,12);1H/t7-,9-;/m1./s1. The summed E-state index contributed by atoms with van der Waals surface area (Å²) >= 11 is 0. The SMILES string of the molecule is Br.C[C@H]1N=C(N)O[C@H]1c1ccccc1. The summed E-state index contributed by atoms with van der Waals surface area (Å²) in [5, 5.41) is 0. The van der Waals surface area contributed by atoms with Crippen LogP contribution in [0.2, 0.25) is 0 Å². The molecular formula is C10H13BrN2O. The van der Waals surface area contributed by atoms with Gasteiger partial charge >= 0.3 is 0 Å². The quantitative estimate of drug-likeness (QED) is 0.836. The largest absolute Gasteiger partial charge is 0.455 e. The van der Waals surface area contributed by atoms with Crippen molar-refractivity contribution in [2.24, 2.45) is 10.7 Å². The molecule has 1 aliphatic heterocycles. The number of hydrogen-bond donors (Lipinski definition) is 1. The maximum absolute atomic E-state index is 5.48. The lowest BCUT2D eigenvalue weighted by Gasteiger charge is -2.13. The second-order valence-electron chi connectivity index (χ2n) is 3.16. The first-order chi connectivity index (χ1) is 6.27. The van der Waals surface area contributed by atoms with Gasteiger partial charge in [-0.2, -0.15) is 0 Å². The second kappa shape index (κ2) is 4.46. The minimum Gasteiger partial charge on any atom is -0.455 e. The zero-order valence-electron chi connectivity index (χ0n) is 7.88. The van der Waals surface area contributed by atoms with E-state index < -0.39 is 0 Å². The fourth-order valence-electron chi connectivity index (χ4n) is 1.52. The Morgan fingerprint density at radius 3 is 2.43 bits per heavy atom.